The molecule has 2 aliphatic rings. The number of fused-ring (bicyclic) bond motifs is 3. The van der Waals surface area contributed by atoms with Crippen molar-refractivity contribution in [3.05, 3.63) is 70.1 Å². The first kappa shape index (κ1) is 30.2. The summed E-state index contributed by atoms with van der Waals surface area (Å²) in [4.78, 5) is 37.9. The molecular weight excluding hydrogens is 540 g/mol. The van der Waals surface area contributed by atoms with Crippen LogP contribution in [0.1, 0.15) is 90.5 Å². The average molecular weight is 585 g/mol. The highest BCUT2D eigenvalue weighted by atomic mass is 32.1. The highest BCUT2D eigenvalue weighted by Gasteiger charge is 2.29. The van der Waals surface area contributed by atoms with Gasteiger partial charge in [-0.1, -0.05) is 44.9 Å². The number of benzene rings is 2. The number of nitrogens with one attached hydrogen (secondary N) is 1. The zero-order valence-electron chi connectivity index (χ0n) is 25.5. The Labute approximate surface area is 254 Å². The molecule has 1 N–H and O–H groups in total. The SMILES string of the molecule is CCCCCN(CCC)C/C(C)=N/c1ccc(C(=O)N2CCc3cc(C(=O)NC4CC4)sc3-c3ccccc32)cc1C. The lowest BCUT2D eigenvalue weighted by Gasteiger charge is -2.23. The van der Waals surface area contributed by atoms with Gasteiger partial charge < -0.3 is 10.2 Å². The van der Waals surface area contributed by atoms with Crippen molar-refractivity contribution in [2.75, 3.05) is 31.1 Å². The molecule has 5 rings (SSSR count). The Bertz CT molecular complexity index is 1450. The van der Waals surface area contributed by atoms with Crippen LogP contribution in [0.15, 0.2) is 53.5 Å². The van der Waals surface area contributed by atoms with Gasteiger partial charge >= 0.3 is 0 Å². The molecule has 3 aromatic rings. The average Bonchev–Trinajstić information content (AvgIpc) is 3.72. The van der Waals surface area contributed by atoms with Crippen LogP contribution in [-0.4, -0.2) is 54.6 Å². The van der Waals surface area contributed by atoms with Gasteiger partial charge in [-0.25, -0.2) is 0 Å². The van der Waals surface area contributed by atoms with E-state index in [2.05, 4.69) is 37.1 Å². The van der Waals surface area contributed by atoms with Gasteiger partial charge in [-0.15, -0.1) is 11.3 Å². The van der Waals surface area contributed by atoms with E-state index in [1.54, 1.807) is 0 Å². The molecule has 1 aromatic heterocycles. The largest absolute Gasteiger partial charge is 0.349 e. The monoisotopic (exact) mass is 584 g/mol. The smallest absolute Gasteiger partial charge is 0.261 e. The van der Waals surface area contributed by atoms with E-state index in [-0.39, 0.29) is 11.8 Å². The summed E-state index contributed by atoms with van der Waals surface area (Å²) in [7, 11) is 0. The minimum absolute atomic E-state index is 0.00954. The fourth-order valence-electron chi connectivity index (χ4n) is 5.71. The molecule has 0 radical (unpaired) electrons. The van der Waals surface area contributed by atoms with Crippen LogP contribution in [0.3, 0.4) is 0 Å². The fourth-order valence-corrected chi connectivity index (χ4v) is 6.86. The van der Waals surface area contributed by atoms with Crippen molar-refractivity contribution in [1.82, 2.24) is 10.2 Å². The molecule has 0 bridgehead atoms. The van der Waals surface area contributed by atoms with Crippen LogP contribution < -0.4 is 10.2 Å². The van der Waals surface area contributed by atoms with E-state index < -0.39 is 0 Å². The number of aryl methyl sites for hydroxylation is 1. The number of rotatable bonds is 12. The second-order valence-corrected chi connectivity index (χ2v) is 12.8. The van der Waals surface area contributed by atoms with Crippen molar-refractivity contribution in [3.8, 4) is 10.4 Å². The molecule has 0 saturated heterocycles. The maximum absolute atomic E-state index is 13.9. The van der Waals surface area contributed by atoms with Gasteiger partial charge in [-0.3, -0.25) is 19.5 Å². The van der Waals surface area contributed by atoms with Gasteiger partial charge in [0, 0.05) is 40.8 Å². The third kappa shape index (κ3) is 7.19. The van der Waals surface area contributed by atoms with E-state index in [9.17, 15) is 9.59 Å². The Balaban J connectivity index is 1.33. The topological polar surface area (TPSA) is 65.0 Å². The molecule has 1 aliphatic heterocycles. The van der Waals surface area contributed by atoms with Gasteiger partial charge in [-0.2, -0.15) is 0 Å². The third-order valence-corrected chi connectivity index (χ3v) is 9.27. The molecule has 0 spiro atoms. The van der Waals surface area contributed by atoms with Crippen molar-refractivity contribution in [3.63, 3.8) is 0 Å². The lowest BCUT2D eigenvalue weighted by atomic mass is 10.1. The van der Waals surface area contributed by atoms with Crippen LogP contribution in [0.4, 0.5) is 11.4 Å². The number of unbranched alkanes of at least 4 members (excludes halogenated alkanes) is 2. The van der Waals surface area contributed by atoms with E-state index >= 15 is 0 Å². The minimum atomic E-state index is -0.00954. The molecule has 1 aliphatic carbocycles. The summed E-state index contributed by atoms with van der Waals surface area (Å²) in [6.45, 7) is 12.2. The zero-order valence-corrected chi connectivity index (χ0v) is 26.4. The van der Waals surface area contributed by atoms with Crippen LogP contribution >= 0.6 is 11.3 Å². The van der Waals surface area contributed by atoms with Crippen LogP contribution in [0.5, 0.6) is 0 Å². The number of carbonyl (C=O) groups excluding carboxylic acids is 2. The number of para-hydroxylation sites is 1. The Morgan fingerprint density at radius 2 is 1.86 bits per heavy atom. The summed E-state index contributed by atoms with van der Waals surface area (Å²) in [6.07, 6.45) is 7.70. The molecule has 2 heterocycles. The van der Waals surface area contributed by atoms with E-state index in [1.165, 1.54) is 30.6 Å². The Morgan fingerprint density at radius 3 is 2.60 bits per heavy atom. The van der Waals surface area contributed by atoms with Crippen molar-refractivity contribution in [2.45, 2.75) is 78.7 Å². The maximum Gasteiger partial charge on any atom is 0.261 e. The Kier molecular flexibility index (Phi) is 9.91. The highest BCUT2D eigenvalue weighted by Crippen LogP contribution is 2.42. The predicted molar refractivity (Wildman–Crippen MR) is 176 cm³/mol. The second-order valence-electron chi connectivity index (χ2n) is 11.8. The van der Waals surface area contributed by atoms with Crippen molar-refractivity contribution >= 4 is 40.2 Å². The van der Waals surface area contributed by atoms with Gasteiger partial charge in [-0.05, 0) is 100 Å². The number of amides is 2. The lowest BCUT2D eigenvalue weighted by Crippen LogP contribution is -2.32. The van der Waals surface area contributed by atoms with Crippen LogP contribution in [0, 0.1) is 6.92 Å². The minimum Gasteiger partial charge on any atom is -0.349 e. The number of aliphatic imine (C=N–C) groups is 1. The van der Waals surface area contributed by atoms with Gasteiger partial charge in [0.1, 0.15) is 0 Å². The number of nitrogens with zero attached hydrogens (tertiary/aromatic N) is 3. The van der Waals surface area contributed by atoms with Crippen LogP contribution in [0.2, 0.25) is 0 Å². The van der Waals surface area contributed by atoms with Crippen molar-refractivity contribution in [2.24, 2.45) is 4.99 Å². The Morgan fingerprint density at radius 1 is 1.05 bits per heavy atom. The first-order valence-electron chi connectivity index (χ1n) is 15.6. The molecule has 0 unspecified atom stereocenters. The Hall–Kier alpha value is -3.29. The van der Waals surface area contributed by atoms with Gasteiger partial charge in [0.2, 0.25) is 0 Å². The van der Waals surface area contributed by atoms with Gasteiger partial charge in [0.25, 0.3) is 11.8 Å². The quantitative estimate of drug-likeness (QED) is 0.174. The summed E-state index contributed by atoms with van der Waals surface area (Å²) < 4.78 is 0. The number of carbonyl (C=O) groups is 2. The summed E-state index contributed by atoms with van der Waals surface area (Å²) in [5.41, 5.74) is 6.73. The van der Waals surface area contributed by atoms with Crippen molar-refractivity contribution in [1.29, 1.82) is 0 Å². The molecule has 2 aromatic carbocycles. The maximum atomic E-state index is 13.9. The number of anilines is 1. The number of hydrogen-bond acceptors (Lipinski definition) is 5. The fraction of sp³-hybridized carbons (Fsp3) is 0.457. The molecule has 0 atom stereocenters. The first-order valence-corrected chi connectivity index (χ1v) is 16.4. The second kappa shape index (κ2) is 13.8. The summed E-state index contributed by atoms with van der Waals surface area (Å²) in [5, 5.41) is 3.11. The van der Waals surface area contributed by atoms with Crippen LogP contribution in [-0.2, 0) is 6.42 Å². The number of hydrogen-bond donors (Lipinski definition) is 1. The molecule has 1 saturated carbocycles. The van der Waals surface area contributed by atoms with E-state index in [4.69, 9.17) is 4.99 Å². The molecule has 2 amide bonds. The highest BCUT2D eigenvalue weighted by molar-refractivity contribution is 7.17. The lowest BCUT2D eigenvalue weighted by molar-refractivity contribution is 0.0953. The third-order valence-electron chi connectivity index (χ3n) is 8.06. The molecule has 1 fully saturated rings. The summed E-state index contributed by atoms with van der Waals surface area (Å²) in [6, 6.07) is 16.3. The van der Waals surface area contributed by atoms with Crippen molar-refractivity contribution < 1.29 is 9.59 Å². The standard InChI is InChI=1S/C35H44N4O2S/c1-5-7-10-19-38(18-6-2)23-25(4)36-30-16-13-27(21-24(30)3)35(41)39-20-17-26-22-32(34(40)37-28-14-15-28)42-33(26)29-11-8-9-12-31(29)39/h8-9,11-13,16,21-22,28H,5-7,10,14-15,17-20,23H2,1-4H3,(H,37,40)/b36-25+. The normalized spacial score (nSPS) is 14.9. The van der Waals surface area contributed by atoms with E-state index in [0.717, 1.165) is 82.4 Å². The summed E-state index contributed by atoms with van der Waals surface area (Å²) in [5.74, 6) is 0.00807. The molecule has 222 valence electrons. The molecule has 6 nitrogen and oxygen atoms in total. The first-order chi connectivity index (χ1) is 20.4. The molecular formula is C35H44N4O2S. The number of thiophene rings is 1. The van der Waals surface area contributed by atoms with Crippen LogP contribution in [0.25, 0.3) is 10.4 Å². The van der Waals surface area contributed by atoms with E-state index in [0.29, 0.717) is 24.6 Å². The van der Waals surface area contributed by atoms with Gasteiger partial charge in [0.15, 0.2) is 0 Å². The van der Waals surface area contributed by atoms with Gasteiger partial charge in [0.05, 0.1) is 16.3 Å². The predicted octanol–water partition coefficient (Wildman–Crippen LogP) is 7.81. The molecule has 42 heavy (non-hydrogen) atoms. The zero-order chi connectivity index (χ0) is 29.6. The van der Waals surface area contributed by atoms with E-state index in [1.807, 2.05) is 54.3 Å². The molecule has 7 heteroatoms. The summed E-state index contributed by atoms with van der Waals surface area (Å²) >= 11 is 1.53.